The van der Waals surface area contributed by atoms with Crippen LogP contribution in [-0.4, -0.2) is 9.59 Å². The van der Waals surface area contributed by atoms with Crippen LogP contribution in [0.2, 0.25) is 0 Å². The number of hydrogen-bond donors (Lipinski definition) is 1. The number of hydrogen-bond acceptors (Lipinski definition) is 5. The second kappa shape index (κ2) is 4.94. The van der Waals surface area contributed by atoms with Gasteiger partial charge in [0.15, 0.2) is 0 Å². The van der Waals surface area contributed by atoms with Gasteiger partial charge >= 0.3 is 0 Å². The molecule has 0 amide bonds. The summed E-state index contributed by atoms with van der Waals surface area (Å²) in [4.78, 5) is 0. The second-order valence-corrected chi connectivity index (χ2v) is 5.94. The molecule has 18 heavy (non-hydrogen) atoms. The summed E-state index contributed by atoms with van der Waals surface area (Å²) in [6.07, 6.45) is 0. The summed E-state index contributed by atoms with van der Waals surface area (Å²) in [5.74, 6) is 0.829. The van der Waals surface area contributed by atoms with Gasteiger partial charge in [-0.1, -0.05) is 37.4 Å². The van der Waals surface area contributed by atoms with Crippen LogP contribution in [-0.2, 0) is 12.0 Å². The molecule has 2 N–H and O–H groups in total. The smallest absolute Gasteiger partial charge is 0.136 e. The lowest BCUT2D eigenvalue weighted by Crippen LogP contribution is -2.11. The molecule has 1 aromatic carbocycles. The van der Waals surface area contributed by atoms with E-state index < -0.39 is 0 Å². The molecule has 0 aliphatic heterocycles. The molecule has 0 fully saturated rings. The van der Waals surface area contributed by atoms with Crippen molar-refractivity contribution in [1.82, 2.24) is 9.59 Å². The molecule has 2 rings (SSSR count). The average Bonchev–Trinajstić information content (AvgIpc) is 2.72. The standard InChI is InChI=1S/C13H17N3OS/c1-13(2,3)9-5-4-6-10(7-9)17-8-11-12(14)18-16-15-11/h4-7H,8,14H2,1-3H3. The van der Waals surface area contributed by atoms with Crippen LogP contribution >= 0.6 is 11.5 Å². The highest BCUT2D eigenvalue weighted by molar-refractivity contribution is 7.09. The Bertz CT molecular complexity index is 531. The molecule has 0 aliphatic carbocycles. The third-order valence-electron chi connectivity index (χ3n) is 2.66. The maximum Gasteiger partial charge on any atom is 0.136 e. The van der Waals surface area contributed by atoms with Crippen LogP contribution in [0.5, 0.6) is 5.75 Å². The van der Waals surface area contributed by atoms with E-state index in [4.69, 9.17) is 10.5 Å². The molecule has 96 valence electrons. The average molecular weight is 263 g/mol. The minimum absolute atomic E-state index is 0.112. The predicted molar refractivity (Wildman–Crippen MR) is 73.8 cm³/mol. The summed E-state index contributed by atoms with van der Waals surface area (Å²) in [6.45, 7) is 6.88. The van der Waals surface area contributed by atoms with Gasteiger partial charge in [-0.05, 0) is 23.1 Å². The fourth-order valence-corrected chi connectivity index (χ4v) is 1.95. The van der Waals surface area contributed by atoms with Gasteiger partial charge < -0.3 is 10.5 Å². The van der Waals surface area contributed by atoms with Crippen molar-refractivity contribution in [3.8, 4) is 5.75 Å². The number of benzene rings is 1. The molecule has 0 bridgehead atoms. The Hall–Kier alpha value is -1.62. The number of nitrogens with two attached hydrogens (primary N) is 1. The minimum atomic E-state index is 0.112. The van der Waals surface area contributed by atoms with Gasteiger partial charge in [0.05, 0.1) is 0 Å². The van der Waals surface area contributed by atoms with E-state index in [2.05, 4.69) is 42.5 Å². The highest BCUT2D eigenvalue weighted by Crippen LogP contribution is 2.26. The van der Waals surface area contributed by atoms with Crippen molar-refractivity contribution in [3.63, 3.8) is 0 Å². The van der Waals surface area contributed by atoms with Gasteiger partial charge in [0, 0.05) is 11.5 Å². The number of rotatable bonds is 3. The fourth-order valence-electron chi connectivity index (χ4n) is 1.52. The zero-order valence-corrected chi connectivity index (χ0v) is 11.6. The molecule has 0 saturated carbocycles. The van der Waals surface area contributed by atoms with Crippen LogP contribution in [0.4, 0.5) is 5.00 Å². The van der Waals surface area contributed by atoms with Crippen molar-refractivity contribution in [2.24, 2.45) is 0 Å². The van der Waals surface area contributed by atoms with Crippen LogP contribution in [0, 0.1) is 0 Å². The molecular formula is C13H17N3OS. The maximum absolute atomic E-state index is 5.72. The quantitative estimate of drug-likeness (QED) is 0.924. The van der Waals surface area contributed by atoms with E-state index in [1.807, 2.05) is 12.1 Å². The molecule has 0 radical (unpaired) electrons. The summed E-state index contributed by atoms with van der Waals surface area (Å²) in [6, 6.07) is 8.09. The lowest BCUT2D eigenvalue weighted by atomic mass is 9.87. The molecule has 4 nitrogen and oxygen atoms in total. The van der Waals surface area contributed by atoms with Gasteiger partial charge in [0.2, 0.25) is 0 Å². The molecule has 2 aromatic rings. The lowest BCUT2D eigenvalue weighted by Gasteiger charge is -2.19. The van der Waals surface area contributed by atoms with Crippen molar-refractivity contribution in [2.75, 3.05) is 5.73 Å². The highest BCUT2D eigenvalue weighted by Gasteiger charge is 2.14. The topological polar surface area (TPSA) is 61.0 Å². The largest absolute Gasteiger partial charge is 0.487 e. The first-order chi connectivity index (χ1) is 8.47. The predicted octanol–water partition coefficient (Wildman–Crippen LogP) is 3.00. The van der Waals surface area contributed by atoms with Crippen LogP contribution in [0.25, 0.3) is 0 Å². The van der Waals surface area contributed by atoms with Gasteiger partial charge in [-0.15, -0.1) is 5.10 Å². The summed E-state index contributed by atoms with van der Waals surface area (Å²) >= 11 is 1.18. The molecule has 0 saturated heterocycles. The number of aromatic nitrogens is 2. The Balaban J connectivity index is 2.09. The lowest BCUT2D eigenvalue weighted by molar-refractivity contribution is 0.301. The van der Waals surface area contributed by atoms with Crippen LogP contribution in [0.15, 0.2) is 24.3 Å². The van der Waals surface area contributed by atoms with Crippen molar-refractivity contribution in [3.05, 3.63) is 35.5 Å². The van der Waals surface area contributed by atoms with Crippen LogP contribution in [0.3, 0.4) is 0 Å². The van der Waals surface area contributed by atoms with Crippen molar-refractivity contribution < 1.29 is 4.74 Å². The normalized spacial score (nSPS) is 11.5. The van der Waals surface area contributed by atoms with E-state index in [1.54, 1.807) is 0 Å². The zero-order chi connectivity index (χ0) is 13.2. The van der Waals surface area contributed by atoms with E-state index in [-0.39, 0.29) is 5.41 Å². The third-order valence-corrected chi connectivity index (χ3v) is 3.26. The second-order valence-electron chi connectivity index (χ2n) is 5.15. The molecule has 0 spiro atoms. The summed E-state index contributed by atoms with van der Waals surface area (Å²) < 4.78 is 9.47. The highest BCUT2D eigenvalue weighted by atomic mass is 32.1. The first kappa shape index (κ1) is 12.8. The molecular weight excluding hydrogens is 246 g/mol. The third kappa shape index (κ3) is 2.98. The first-order valence-electron chi connectivity index (χ1n) is 5.77. The number of nitrogen functional groups attached to an aromatic ring is 1. The molecule has 1 aromatic heterocycles. The molecule has 0 atom stereocenters. The number of anilines is 1. The van der Waals surface area contributed by atoms with E-state index in [1.165, 1.54) is 17.1 Å². The molecule has 1 heterocycles. The van der Waals surface area contributed by atoms with E-state index >= 15 is 0 Å². The van der Waals surface area contributed by atoms with Crippen LogP contribution < -0.4 is 10.5 Å². The number of ether oxygens (including phenoxy) is 1. The maximum atomic E-state index is 5.72. The van der Waals surface area contributed by atoms with Crippen molar-refractivity contribution in [2.45, 2.75) is 32.8 Å². The van der Waals surface area contributed by atoms with Gasteiger partial charge in [-0.3, -0.25) is 0 Å². The fraction of sp³-hybridized carbons (Fsp3) is 0.385. The Morgan fingerprint density at radius 2 is 2.11 bits per heavy atom. The SMILES string of the molecule is CC(C)(C)c1cccc(OCc2nnsc2N)c1. The Morgan fingerprint density at radius 3 is 2.72 bits per heavy atom. The van der Waals surface area contributed by atoms with Crippen LogP contribution in [0.1, 0.15) is 32.0 Å². The molecule has 5 heteroatoms. The van der Waals surface area contributed by atoms with Gasteiger partial charge in [0.1, 0.15) is 23.1 Å². The molecule has 0 unspecified atom stereocenters. The first-order valence-corrected chi connectivity index (χ1v) is 6.54. The number of nitrogens with zero attached hydrogens (tertiary/aromatic N) is 2. The van der Waals surface area contributed by atoms with E-state index in [0.717, 1.165) is 5.75 Å². The molecule has 0 aliphatic rings. The van der Waals surface area contributed by atoms with Gasteiger partial charge in [-0.2, -0.15) is 0 Å². The van der Waals surface area contributed by atoms with Crippen molar-refractivity contribution in [1.29, 1.82) is 0 Å². The van der Waals surface area contributed by atoms with Gasteiger partial charge in [0.25, 0.3) is 0 Å². The summed E-state index contributed by atoms with van der Waals surface area (Å²) in [5.41, 5.74) is 7.76. The summed E-state index contributed by atoms with van der Waals surface area (Å²) in [7, 11) is 0. The Kier molecular flexibility index (Phi) is 3.52. The zero-order valence-electron chi connectivity index (χ0n) is 10.8. The van der Waals surface area contributed by atoms with E-state index in [9.17, 15) is 0 Å². The monoisotopic (exact) mass is 263 g/mol. The van der Waals surface area contributed by atoms with E-state index in [0.29, 0.717) is 17.3 Å². The van der Waals surface area contributed by atoms with Gasteiger partial charge in [-0.25, -0.2) is 0 Å². The Labute approximate surface area is 111 Å². The van der Waals surface area contributed by atoms with Crippen molar-refractivity contribution >= 4 is 16.5 Å². The summed E-state index contributed by atoms with van der Waals surface area (Å²) in [5, 5.41) is 4.53. The Morgan fingerprint density at radius 1 is 1.33 bits per heavy atom. The minimum Gasteiger partial charge on any atom is -0.487 e.